The minimum atomic E-state index is -0.235. The summed E-state index contributed by atoms with van der Waals surface area (Å²) in [7, 11) is 0. The smallest absolute Gasteiger partial charge is 0.333 e. The maximum Gasteiger partial charge on any atom is 0.333 e. The average molecular weight is 198 g/mol. The van der Waals surface area contributed by atoms with Crippen molar-refractivity contribution in [1.29, 1.82) is 0 Å². The van der Waals surface area contributed by atoms with E-state index >= 15 is 0 Å². The SMILES string of the molecule is CCOC(=O)C(C)=C[C@@H]1CCCCO1. The number of ether oxygens (including phenoxy) is 2. The molecule has 0 saturated carbocycles. The molecule has 0 amide bonds. The molecular weight excluding hydrogens is 180 g/mol. The number of hydrogen-bond donors (Lipinski definition) is 0. The summed E-state index contributed by atoms with van der Waals surface area (Å²) in [6.07, 6.45) is 5.29. The fourth-order valence-corrected chi connectivity index (χ4v) is 1.49. The van der Waals surface area contributed by atoms with Crippen LogP contribution >= 0.6 is 0 Å². The molecule has 80 valence electrons. The van der Waals surface area contributed by atoms with Gasteiger partial charge in [-0.3, -0.25) is 0 Å². The molecule has 1 saturated heterocycles. The van der Waals surface area contributed by atoms with Crippen LogP contribution in [0.3, 0.4) is 0 Å². The van der Waals surface area contributed by atoms with Crippen LogP contribution in [0, 0.1) is 0 Å². The molecule has 1 aliphatic rings. The normalized spacial score (nSPS) is 23.3. The lowest BCUT2D eigenvalue weighted by atomic mass is 10.1. The molecule has 0 unspecified atom stereocenters. The van der Waals surface area contributed by atoms with Gasteiger partial charge in [-0.25, -0.2) is 4.79 Å². The summed E-state index contributed by atoms with van der Waals surface area (Å²) in [6, 6.07) is 0. The van der Waals surface area contributed by atoms with Gasteiger partial charge in [-0.2, -0.15) is 0 Å². The molecule has 3 nitrogen and oxygen atoms in total. The Morgan fingerprint density at radius 1 is 1.57 bits per heavy atom. The van der Waals surface area contributed by atoms with Gasteiger partial charge in [0.15, 0.2) is 0 Å². The molecule has 0 aliphatic carbocycles. The van der Waals surface area contributed by atoms with Crippen LogP contribution in [0.1, 0.15) is 33.1 Å². The van der Waals surface area contributed by atoms with Gasteiger partial charge in [0.1, 0.15) is 0 Å². The average Bonchev–Trinajstić information content (AvgIpc) is 2.19. The van der Waals surface area contributed by atoms with Crippen LogP contribution < -0.4 is 0 Å². The van der Waals surface area contributed by atoms with Gasteiger partial charge < -0.3 is 9.47 Å². The fourth-order valence-electron chi connectivity index (χ4n) is 1.49. The zero-order chi connectivity index (χ0) is 10.4. The van der Waals surface area contributed by atoms with Gasteiger partial charge in [-0.15, -0.1) is 0 Å². The maximum atomic E-state index is 11.3. The Kier molecular flexibility index (Phi) is 4.66. The van der Waals surface area contributed by atoms with Crippen molar-refractivity contribution in [2.75, 3.05) is 13.2 Å². The predicted molar refractivity (Wildman–Crippen MR) is 54.0 cm³/mol. The molecule has 0 bridgehead atoms. The molecule has 1 fully saturated rings. The molecular formula is C11H18O3. The second-order valence-electron chi connectivity index (χ2n) is 3.48. The van der Waals surface area contributed by atoms with E-state index < -0.39 is 0 Å². The highest BCUT2D eigenvalue weighted by molar-refractivity contribution is 5.87. The van der Waals surface area contributed by atoms with Gasteiger partial charge in [0.25, 0.3) is 0 Å². The zero-order valence-electron chi connectivity index (χ0n) is 8.91. The van der Waals surface area contributed by atoms with E-state index in [-0.39, 0.29) is 12.1 Å². The topological polar surface area (TPSA) is 35.5 Å². The van der Waals surface area contributed by atoms with Crippen molar-refractivity contribution >= 4 is 5.97 Å². The summed E-state index contributed by atoms with van der Waals surface area (Å²) in [5, 5.41) is 0. The standard InChI is InChI=1S/C11H18O3/c1-3-13-11(12)9(2)8-10-6-4-5-7-14-10/h8,10H,3-7H2,1-2H3/t10-/m0/s1. The van der Waals surface area contributed by atoms with Crippen LogP contribution in [-0.2, 0) is 14.3 Å². The van der Waals surface area contributed by atoms with Crippen LogP contribution in [0.2, 0.25) is 0 Å². The third-order valence-electron chi connectivity index (χ3n) is 2.25. The molecule has 0 radical (unpaired) electrons. The van der Waals surface area contributed by atoms with Crippen molar-refractivity contribution in [3.63, 3.8) is 0 Å². The van der Waals surface area contributed by atoms with Gasteiger partial charge in [0.2, 0.25) is 0 Å². The van der Waals surface area contributed by atoms with Crippen molar-refractivity contribution in [1.82, 2.24) is 0 Å². The minimum absolute atomic E-state index is 0.105. The van der Waals surface area contributed by atoms with Crippen LogP contribution in [0.15, 0.2) is 11.6 Å². The summed E-state index contributed by atoms with van der Waals surface area (Å²) >= 11 is 0. The van der Waals surface area contributed by atoms with E-state index in [9.17, 15) is 4.79 Å². The summed E-state index contributed by atoms with van der Waals surface area (Å²) in [4.78, 5) is 11.3. The molecule has 1 atom stereocenters. The van der Waals surface area contributed by atoms with Gasteiger partial charge >= 0.3 is 5.97 Å². The van der Waals surface area contributed by atoms with E-state index in [0.29, 0.717) is 12.2 Å². The fraction of sp³-hybridized carbons (Fsp3) is 0.727. The van der Waals surface area contributed by atoms with E-state index in [1.807, 2.05) is 13.0 Å². The van der Waals surface area contributed by atoms with Gasteiger partial charge in [-0.05, 0) is 39.2 Å². The lowest BCUT2D eigenvalue weighted by Gasteiger charge is -2.19. The highest BCUT2D eigenvalue weighted by Gasteiger charge is 2.13. The van der Waals surface area contributed by atoms with E-state index in [0.717, 1.165) is 19.4 Å². The molecule has 0 aromatic heterocycles. The predicted octanol–water partition coefficient (Wildman–Crippen LogP) is 2.06. The molecule has 0 spiro atoms. The molecule has 1 heterocycles. The van der Waals surface area contributed by atoms with Crippen molar-refractivity contribution in [3.8, 4) is 0 Å². The third kappa shape index (κ3) is 3.50. The summed E-state index contributed by atoms with van der Waals surface area (Å²) < 4.78 is 10.4. The zero-order valence-corrected chi connectivity index (χ0v) is 8.91. The lowest BCUT2D eigenvalue weighted by molar-refractivity contribution is -0.138. The maximum absolute atomic E-state index is 11.3. The Balaban J connectivity index is 2.44. The summed E-state index contributed by atoms with van der Waals surface area (Å²) in [6.45, 7) is 4.81. The number of hydrogen-bond acceptors (Lipinski definition) is 3. The Hall–Kier alpha value is -0.830. The van der Waals surface area contributed by atoms with E-state index in [2.05, 4.69) is 0 Å². The quantitative estimate of drug-likeness (QED) is 0.514. The van der Waals surface area contributed by atoms with E-state index in [1.165, 1.54) is 6.42 Å². The van der Waals surface area contributed by atoms with Gasteiger partial charge in [-0.1, -0.05) is 0 Å². The molecule has 14 heavy (non-hydrogen) atoms. The Labute approximate surface area is 85.1 Å². The van der Waals surface area contributed by atoms with E-state index in [1.54, 1.807) is 6.92 Å². The highest BCUT2D eigenvalue weighted by Crippen LogP contribution is 2.15. The molecule has 3 heteroatoms. The molecule has 0 N–H and O–H groups in total. The highest BCUT2D eigenvalue weighted by atomic mass is 16.5. The molecule has 0 aromatic carbocycles. The van der Waals surface area contributed by atoms with Crippen molar-refractivity contribution in [3.05, 3.63) is 11.6 Å². The number of carbonyl (C=O) groups excluding carboxylic acids is 1. The first kappa shape index (κ1) is 11.2. The second-order valence-corrected chi connectivity index (χ2v) is 3.48. The molecule has 1 rings (SSSR count). The van der Waals surface area contributed by atoms with Crippen LogP contribution in [0.5, 0.6) is 0 Å². The Morgan fingerprint density at radius 3 is 2.93 bits per heavy atom. The number of rotatable bonds is 3. The Bertz CT molecular complexity index is 215. The summed E-state index contributed by atoms with van der Waals surface area (Å²) in [5.41, 5.74) is 0.652. The van der Waals surface area contributed by atoms with Crippen LogP contribution in [0.25, 0.3) is 0 Å². The first-order valence-corrected chi connectivity index (χ1v) is 5.21. The first-order chi connectivity index (χ1) is 6.74. The van der Waals surface area contributed by atoms with Crippen molar-refractivity contribution in [2.45, 2.75) is 39.2 Å². The third-order valence-corrected chi connectivity index (χ3v) is 2.25. The van der Waals surface area contributed by atoms with Crippen molar-refractivity contribution in [2.24, 2.45) is 0 Å². The van der Waals surface area contributed by atoms with Gasteiger partial charge in [0, 0.05) is 12.2 Å². The van der Waals surface area contributed by atoms with Crippen molar-refractivity contribution < 1.29 is 14.3 Å². The first-order valence-electron chi connectivity index (χ1n) is 5.21. The Morgan fingerprint density at radius 2 is 2.36 bits per heavy atom. The molecule has 1 aliphatic heterocycles. The monoisotopic (exact) mass is 198 g/mol. The second kappa shape index (κ2) is 5.81. The molecule has 0 aromatic rings. The van der Waals surface area contributed by atoms with Crippen LogP contribution in [-0.4, -0.2) is 25.3 Å². The summed E-state index contributed by atoms with van der Waals surface area (Å²) in [5.74, 6) is -0.235. The number of esters is 1. The number of carbonyl (C=O) groups is 1. The van der Waals surface area contributed by atoms with Crippen LogP contribution in [0.4, 0.5) is 0 Å². The minimum Gasteiger partial charge on any atom is -0.463 e. The largest absolute Gasteiger partial charge is 0.463 e. The van der Waals surface area contributed by atoms with Gasteiger partial charge in [0.05, 0.1) is 12.7 Å². The lowest BCUT2D eigenvalue weighted by Crippen LogP contribution is -2.18. The van der Waals surface area contributed by atoms with E-state index in [4.69, 9.17) is 9.47 Å².